The van der Waals surface area contributed by atoms with Crippen molar-refractivity contribution >= 4 is 5.91 Å². The minimum atomic E-state index is 0.190. The van der Waals surface area contributed by atoms with Crippen molar-refractivity contribution in [2.75, 3.05) is 13.2 Å². The summed E-state index contributed by atoms with van der Waals surface area (Å²) in [6, 6.07) is 1.05. The quantitative estimate of drug-likeness (QED) is 0.675. The maximum atomic E-state index is 11.4. The minimum Gasteiger partial charge on any atom is -0.378 e. The van der Waals surface area contributed by atoms with Crippen molar-refractivity contribution in [3.63, 3.8) is 0 Å². The highest BCUT2D eigenvalue weighted by atomic mass is 16.5. The van der Waals surface area contributed by atoms with E-state index in [-0.39, 0.29) is 5.91 Å². The summed E-state index contributed by atoms with van der Waals surface area (Å²) in [6.45, 7) is 3.63. The van der Waals surface area contributed by atoms with Gasteiger partial charge in [0, 0.05) is 31.7 Å². The number of hydrogen-bond acceptors (Lipinski definition) is 3. The van der Waals surface area contributed by atoms with Crippen molar-refractivity contribution in [3.05, 3.63) is 0 Å². The van der Waals surface area contributed by atoms with Gasteiger partial charge < -0.3 is 15.4 Å². The third kappa shape index (κ3) is 3.76. The van der Waals surface area contributed by atoms with E-state index < -0.39 is 0 Å². The van der Waals surface area contributed by atoms with E-state index in [4.69, 9.17) is 4.74 Å². The van der Waals surface area contributed by atoms with Crippen LogP contribution in [0.4, 0.5) is 0 Å². The van der Waals surface area contributed by atoms with Crippen LogP contribution in [0.5, 0.6) is 0 Å². The van der Waals surface area contributed by atoms with Gasteiger partial charge in [-0.2, -0.15) is 0 Å². The summed E-state index contributed by atoms with van der Waals surface area (Å²) in [4.78, 5) is 11.4. The molecule has 0 atom stereocenters. The third-order valence-corrected chi connectivity index (χ3v) is 3.22. The molecule has 2 rings (SSSR count). The Morgan fingerprint density at radius 2 is 2.06 bits per heavy atom. The predicted octanol–water partition coefficient (Wildman–Crippen LogP) is 0.812. The molecule has 0 heterocycles. The standard InChI is InChI=1S/C12H22N2O2/c1-2-16-11-7-10(8-11)13-6-5-12(15)14-9-3-4-9/h9-11,13H,2-8H2,1H3,(H,14,15). The number of ether oxygens (including phenoxy) is 1. The lowest BCUT2D eigenvalue weighted by atomic mass is 9.89. The lowest BCUT2D eigenvalue weighted by Gasteiger charge is -2.35. The van der Waals surface area contributed by atoms with E-state index in [9.17, 15) is 4.79 Å². The highest BCUT2D eigenvalue weighted by Gasteiger charge is 2.29. The molecule has 0 aliphatic heterocycles. The number of hydrogen-bond donors (Lipinski definition) is 2. The van der Waals surface area contributed by atoms with Gasteiger partial charge in [-0.15, -0.1) is 0 Å². The molecule has 2 aliphatic rings. The van der Waals surface area contributed by atoms with Crippen LogP contribution < -0.4 is 10.6 Å². The molecule has 0 radical (unpaired) electrons. The molecule has 0 spiro atoms. The molecule has 2 aliphatic carbocycles. The first-order chi connectivity index (χ1) is 7.78. The molecule has 0 bridgehead atoms. The Bertz CT molecular complexity index is 235. The molecule has 1 amide bonds. The Labute approximate surface area is 97.1 Å². The maximum Gasteiger partial charge on any atom is 0.221 e. The van der Waals surface area contributed by atoms with Gasteiger partial charge in [-0.25, -0.2) is 0 Å². The van der Waals surface area contributed by atoms with Crippen molar-refractivity contribution in [2.24, 2.45) is 0 Å². The smallest absolute Gasteiger partial charge is 0.221 e. The first-order valence-electron chi connectivity index (χ1n) is 6.42. The van der Waals surface area contributed by atoms with E-state index >= 15 is 0 Å². The first kappa shape index (κ1) is 11.9. The molecular weight excluding hydrogens is 204 g/mol. The predicted molar refractivity (Wildman–Crippen MR) is 62.2 cm³/mol. The van der Waals surface area contributed by atoms with Crippen LogP contribution in [-0.2, 0) is 9.53 Å². The fourth-order valence-electron chi connectivity index (χ4n) is 2.02. The van der Waals surface area contributed by atoms with Crippen LogP contribution in [0.2, 0.25) is 0 Å². The number of nitrogens with one attached hydrogen (secondary N) is 2. The average Bonchev–Trinajstić information content (AvgIpc) is 2.97. The van der Waals surface area contributed by atoms with Gasteiger partial charge in [0.25, 0.3) is 0 Å². The molecule has 16 heavy (non-hydrogen) atoms. The topological polar surface area (TPSA) is 50.4 Å². The molecule has 2 saturated carbocycles. The zero-order valence-corrected chi connectivity index (χ0v) is 10.00. The molecule has 2 fully saturated rings. The highest BCUT2D eigenvalue weighted by Crippen LogP contribution is 2.23. The zero-order chi connectivity index (χ0) is 11.4. The number of rotatable bonds is 7. The molecule has 0 aromatic rings. The molecular formula is C12H22N2O2. The second-order valence-electron chi connectivity index (χ2n) is 4.79. The third-order valence-electron chi connectivity index (χ3n) is 3.22. The van der Waals surface area contributed by atoms with Crippen LogP contribution in [0.25, 0.3) is 0 Å². The minimum absolute atomic E-state index is 0.190. The van der Waals surface area contributed by atoms with Crippen molar-refractivity contribution < 1.29 is 9.53 Å². The summed E-state index contributed by atoms with van der Waals surface area (Å²) in [6.07, 6.45) is 5.57. The van der Waals surface area contributed by atoms with E-state index in [0.29, 0.717) is 24.6 Å². The van der Waals surface area contributed by atoms with E-state index in [0.717, 1.165) is 38.8 Å². The monoisotopic (exact) mass is 226 g/mol. The molecule has 4 heteroatoms. The summed E-state index contributed by atoms with van der Waals surface area (Å²) < 4.78 is 5.48. The lowest BCUT2D eigenvalue weighted by molar-refractivity contribution is -0.121. The summed E-state index contributed by atoms with van der Waals surface area (Å²) >= 11 is 0. The molecule has 0 unspecified atom stereocenters. The van der Waals surface area contributed by atoms with Gasteiger partial charge in [0.05, 0.1) is 6.10 Å². The van der Waals surface area contributed by atoms with Gasteiger partial charge in [0.1, 0.15) is 0 Å². The SMILES string of the molecule is CCOC1CC(NCCC(=O)NC2CC2)C1. The molecule has 2 N–H and O–H groups in total. The van der Waals surface area contributed by atoms with Gasteiger partial charge >= 0.3 is 0 Å². The van der Waals surface area contributed by atoms with Crippen molar-refractivity contribution in [1.82, 2.24) is 10.6 Å². The van der Waals surface area contributed by atoms with Gasteiger partial charge in [-0.05, 0) is 32.6 Å². The second kappa shape index (κ2) is 5.64. The van der Waals surface area contributed by atoms with Gasteiger partial charge in [0.2, 0.25) is 5.91 Å². The van der Waals surface area contributed by atoms with Crippen molar-refractivity contribution in [3.8, 4) is 0 Å². The Morgan fingerprint density at radius 3 is 2.69 bits per heavy atom. The zero-order valence-electron chi connectivity index (χ0n) is 10.00. The van der Waals surface area contributed by atoms with E-state index in [1.54, 1.807) is 0 Å². The molecule has 92 valence electrons. The fraction of sp³-hybridized carbons (Fsp3) is 0.917. The Balaban J connectivity index is 1.44. The number of carbonyl (C=O) groups is 1. The van der Waals surface area contributed by atoms with E-state index in [1.165, 1.54) is 0 Å². The van der Waals surface area contributed by atoms with Crippen LogP contribution in [0.1, 0.15) is 39.0 Å². The number of carbonyl (C=O) groups excluding carboxylic acids is 1. The summed E-state index contributed by atoms with van der Waals surface area (Å²) in [5.41, 5.74) is 0. The Kier molecular flexibility index (Phi) is 4.18. The molecule has 0 aromatic carbocycles. The van der Waals surface area contributed by atoms with E-state index in [1.807, 2.05) is 6.92 Å². The molecule has 0 saturated heterocycles. The van der Waals surface area contributed by atoms with Crippen LogP contribution in [0, 0.1) is 0 Å². The highest BCUT2D eigenvalue weighted by molar-refractivity contribution is 5.76. The van der Waals surface area contributed by atoms with Crippen LogP contribution in [0.3, 0.4) is 0 Å². The second-order valence-corrected chi connectivity index (χ2v) is 4.79. The van der Waals surface area contributed by atoms with E-state index in [2.05, 4.69) is 10.6 Å². The Morgan fingerprint density at radius 1 is 1.31 bits per heavy atom. The van der Waals surface area contributed by atoms with Crippen molar-refractivity contribution in [2.45, 2.75) is 57.2 Å². The normalized spacial score (nSPS) is 28.6. The molecule has 0 aromatic heterocycles. The van der Waals surface area contributed by atoms with Gasteiger partial charge in [-0.3, -0.25) is 4.79 Å². The van der Waals surface area contributed by atoms with Crippen LogP contribution >= 0.6 is 0 Å². The molecule has 4 nitrogen and oxygen atoms in total. The fourth-order valence-corrected chi connectivity index (χ4v) is 2.02. The van der Waals surface area contributed by atoms with Crippen LogP contribution in [-0.4, -0.2) is 37.2 Å². The summed E-state index contributed by atoms with van der Waals surface area (Å²) in [5.74, 6) is 0.190. The van der Waals surface area contributed by atoms with Gasteiger partial charge in [-0.1, -0.05) is 0 Å². The Hall–Kier alpha value is -0.610. The summed E-state index contributed by atoms with van der Waals surface area (Å²) in [7, 11) is 0. The number of amides is 1. The first-order valence-corrected chi connectivity index (χ1v) is 6.42. The van der Waals surface area contributed by atoms with Gasteiger partial charge in [0.15, 0.2) is 0 Å². The van der Waals surface area contributed by atoms with Crippen LogP contribution in [0.15, 0.2) is 0 Å². The maximum absolute atomic E-state index is 11.4. The largest absolute Gasteiger partial charge is 0.378 e. The lowest BCUT2D eigenvalue weighted by Crippen LogP contribution is -2.46. The average molecular weight is 226 g/mol. The summed E-state index contributed by atoms with van der Waals surface area (Å²) in [5, 5.41) is 6.38. The van der Waals surface area contributed by atoms with Crippen molar-refractivity contribution in [1.29, 1.82) is 0 Å².